The maximum atomic E-state index is 13.0. The van der Waals surface area contributed by atoms with E-state index in [0.29, 0.717) is 0 Å². The van der Waals surface area contributed by atoms with Crippen molar-refractivity contribution in [1.82, 2.24) is 9.62 Å². The van der Waals surface area contributed by atoms with E-state index in [1.807, 2.05) is 44.2 Å². The highest BCUT2D eigenvalue weighted by atomic mass is 32.2. The van der Waals surface area contributed by atoms with Gasteiger partial charge in [0, 0.05) is 6.42 Å². The Bertz CT molecular complexity index is 940. The zero-order valence-electron chi connectivity index (χ0n) is 15.3. The first-order chi connectivity index (χ1) is 12.8. The second-order valence-electron chi connectivity index (χ2n) is 6.70. The van der Waals surface area contributed by atoms with Crippen molar-refractivity contribution < 1.29 is 18.0 Å². The highest BCUT2D eigenvalue weighted by Gasteiger charge is 2.44. The van der Waals surface area contributed by atoms with E-state index in [4.69, 9.17) is 0 Å². The lowest BCUT2D eigenvalue weighted by Crippen LogP contribution is -2.47. The molecule has 6 nitrogen and oxygen atoms in total. The Morgan fingerprint density at radius 2 is 1.74 bits per heavy atom. The molecule has 1 heterocycles. The van der Waals surface area contributed by atoms with Crippen LogP contribution in [0.5, 0.6) is 0 Å². The van der Waals surface area contributed by atoms with E-state index in [1.165, 1.54) is 12.1 Å². The number of amides is 2. The molecule has 1 aliphatic heterocycles. The van der Waals surface area contributed by atoms with Crippen LogP contribution in [-0.4, -0.2) is 30.6 Å². The fourth-order valence-corrected chi connectivity index (χ4v) is 4.76. The zero-order chi connectivity index (χ0) is 19.6. The Kier molecular flexibility index (Phi) is 5.32. The van der Waals surface area contributed by atoms with Crippen LogP contribution in [0, 0.1) is 6.92 Å². The monoisotopic (exact) mass is 386 g/mol. The van der Waals surface area contributed by atoms with E-state index in [1.54, 1.807) is 12.1 Å². The zero-order valence-corrected chi connectivity index (χ0v) is 16.1. The van der Waals surface area contributed by atoms with Crippen molar-refractivity contribution in [1.29, 1.82) is 0 Å². The van der Waals surface area contributed by atoms with Crippen LogP contribution in [0.3, 0.4) is 0 Å². The standard InChI is InChI=1S/C20H22N2O4S/c1-14-8-10-17(11-9-14)27(25,26)22-18(12-13-19(22)23)20(24)21-15(2)16-6-4-3-5-7-16/h3-11,15,18H,12-13H2,1-2H3,(H,21,24)/t15-,18-/m1/s1. The Balaban J connectivity index is 1.83. The van der Waals surface area contributed by atoms with Gasteiger partial charge in [-0.3, -0.25) is 9.59 Å². The highest BCUT2D eigenvalue weighted by molar-refractivity contribution is 7.89. The molecule has 0 spiro atoms. The number of sulfonamides is 1. The smallest absolute Gasteiger partial charge is 0.267 e. The summed E-state index contributed by atoms with van der Waals surface area (Å²) in [6.07, 6.45) is 0.208. The first-order valence-corrected chi connectivity index (χ1v) is 10.2. The van der Waals surface area contributed by atoms with Gasteiger partial charge in [-0.05, 0) is 38.0 Å². The fraction of sp³-hybridized carbons (Fsp3) is 0.300. The third-order valence-electron chi connectivity index (χ3n) is 4.70. The summed E-state index contributed by atoms with van der Waals surface area (Å²) in [5.74, 6) is -1.02. The largest absolute Gasteiger partial charge is 0.348 e. The summed E-state index contributed by atoms with van der Waals surface area (Å²) in [6.45, 7) is 3.67. The highest BCUT2D eigenvalue weighted by Crippen LogP contribution is 2.28. The summed E-state index contributed by atoms with van der Waals surface area (Å²) in [5, 5.41) is 2.82. The third-order valence-corrected chi connectivity index (χ3v) is 6.54. The van der Waals surface area contributed by atoms with Gasteiger partial charge in [0.05, 0.1) is 10.9 Å². The average molecular weight is 386 g/mol. The van der Waals surface area contributed by atoms with Crippen LogP contribution in [0.2, 0.25) is 0 Å². The van der Waals surface area contributed by atoms with Gasteiger partial charge in [-0.15, -0.1) is 0 Å². The first kappa shape index (κ1) is 19.1. The second-order valence-corrected chi connectivity index (χ2v) is 8.52. The number of hydrogen-bond acceptors (Lipinski definition) is 4. The molecule has 0 radical (unpaired) electrons. The van der Waals surface area contributed by atoms with Gasteiger partial charge in [-0.2, -0.15) is 0 Å². The van der Waals surface area contributed by atoms with E-state index in [9.17, 15) is 18.0 Å². The molecule has 2 amide bonds. The van der Waals surface area contributed by atoms with Crippen molar-refractivity contribution in [3.8, 4) is 0 Å². The van der Waals surface area contributed by atoms with Crippen molar-refractivity contribution in [2.45, 2.75) is 43.7 Å². The lowest BCUT2D eigenvalue weighted by molar-refractivity contribution is -0.131. The summed E-state index contributed by atoms with van der Waals surface area (Å²) >= 11 is 0. The lowest BCUT2D eigenvalue weighted by Gasteiger charge is -2.25. The molecule has 7 heteroatoms. The Morgan fingerprint density at radius 1 is 1.11 bits per heavy atom. The molecule has 3 rings (SSSR count). The minimum atomic E-state index is -4.08. The van der Waals surface area contributed by atoms with E-state index in [-0.39, 0.29) is 23.8 Å². The number of nitrogens with one attached hydrogen (secondary N) is 1. The Morgan fingerprint density at radius 3 is 2.37 bits per heavy atom. The minimum absolute atomic E-state index is 0.0113. The van der Waals surface area contributed by atoms with Gasteiger partial charge in [0.2, 0.25) is 11.8 Å². The molecule has 0 unspecified atom stereocenters. The number of nitrogens with zero attached hydrogens (tertiary/aromatic N) is 1. The van der Waals surface area contributed by atoms with Crippen LogP contribution < -0.4 is 5.32 Å². The van der Waals surface area contributed by atoms with Crippen LogP contribution in [0.15, 0.2) is 59.5 Å². The quantitative estimate of drug-likeness (QED) is 0.856. The summed E-state index contributed by atoms with van der Waals surface area (Å²) in [6, 6.07) is 14.3. The molecule has 1 saturated heterocycles. The van der Waals surface area contributed by atoms with Crippen LogP contribution in [0.1, 0.15) is 36.9 Å². The van der Waals surface area contributed by atoms with Crippen LogP contribution in [-0.2, 0) is 19.6 Å². The van der Waals surface area contributed by atoms with Crippen LogP contribution in [0.25, 0.3) is 0 Å². The van der Waals surface area contributed by atoms with Crippen molar-refractivity contribution in [3.05, 3.63) is 65.7 Å². The Hall–Kier alpha value is -2.67. The molecule has 2 aromatic rings. The lowest BCUT2D eigenvalue weighted by atomic mass is 10.1. The molecule has 0 bridgehead atoms. The van der Waals surface area contributed by atoms with E-state index in [2.05, 4.69) is 5.32 Å². The van der Waals surface area contributed by atoms with E-state index < -0.39 is 27.9 Å². The molecule has 2 aromatic carbocycles. The Labute approximate surface area is 159 Å². The maximum absolute atomic E-state index is 13.0. The third kappa shape index (κ3) is 3.88. The fourth-order valence-electron chi connectivity index (χ4n) is 3.16. The average Bonchev–Trinajstić information content (AvgIpc) is 3.05. The molecule has 0 aliphatic carbocycles. The molecule has 1 fully saturated rings. The predicted molar refractivity (Wildman–Crippen MR) is 101 cm³/mol. The summed E-state index contributed by atoms with van der Waals surface area (Å²) in [7, 11) is -4.08. The topological polar surface area (TPSA) is 83.6 Å². The minimum Gasteiger partial charge on any atom is -0.348 e. The van der Waals surface area contributed by atoms with Crippen molar-refractivity contribution >= 4 is 21.8 Å². The number of carbonyl (C=O) groups excluding carboxylic acids is 2. The van der Waals surface area contributed by atoms with Gasteiger partial charge in [0.1, 0.15) is 6.04 Å². The first-order valence-electron chi connectivity index (χ1n) is 8.80. The molecule has 27 heavy (non-hydrogen) atoms. The second kappa shape index (κ2) is 7.52. The number of carbonyl (C=O) groups is 2. The van der Waals surface area contributed by atoms with Gasteiger partial charge in [0.15, 0.2) is 0 Å². The molecule has 1 aliphatic rings. The van der Waals surface area contributed by atoms with Gasteiger partial charge in [-0.25, -0.2) is 12.7 Å². The molecular weight excluding hydrogens is 364 g/mol. The van der Waals surface area contributed by atoms with Crippen molar-refractivity contribution in [2.75, 3.05) is 0 Å². The molecular formula is C20H22N2O4S. The van der Waals surface area contributed by atoms with Gasteiger partial charge in [0.25, 0.3) is 10.0 Å². The summed E-state index contributed by atoms with van der Waals surface area (Å²) < 4.78 is 26.6. The number of aryl methyl sites for hydroxylation is 1. The molecule has 2 atom stereocenters. The summed E-state index contributed by atoms with van der Waals surface area (Å²) in [5.41, 5.74) is 1.82. The predicted octanol–water partition coefficient (Wildman–Crippen LogP) is 2.55. The SMILES string of the molecule is Cc1ccc(S(=O)(=O)N2C(=O)CC[C@@H]2C(=O)N[C@H](C)c2ccccc2)cc1. The van der Waals surface area contributed by atoms with Gasteiger partial charge < -0.3 is 5.32 Å². The van der Waals surface area contributed by atoms with E-state index >= 15 is 0 Å². The van der Waals surface area contributed by atoms with Crippen molar-refractivity contribution in [2.24, 2.45) is 0 Å². The van der Waals surface area contributed by atoms with Crippen LogP contribution in [0.4, 0.5) is 0 Å². The van der Waals surface area contributed by atoms with Gasteiger partial charge >= 0.3 is 0 Å². The summed E-state index contributed by atoms with van der Waals surface area (Å²) in [4.78, 5) is 25.1. The van der Waals surface area contributed by atoms with E-state index in [0.717, 1.165) is 15.4 Å². The van der Waals surface area contributed by atoms with Crippen LogP contribution >= 0.6 is 0 Å². The molecule has 0 saturated carbocycles. The maximum Gasteiger partial charge on any atom is 0.267 e. The number of benzene rings is 2. The number of hydrogen-bond donors (Lipinski definition) is 1. The normalized spacial score (nSPS) is 18.4. The van der Waals surface area contributed by atoms with Crippen molar-refractivity contribution in [3.63, 3.8) is 0 Å². The molecule has 0 aromatic heterocycles. The molecule has 142 valence electrons. The van der Waals surface area contributed by atoms with Gasteiger partial charge in [-0.1, -0.05) is 48.0 Å². The molecule has 1 N–H and O–H groups in total. The number of rotatable bonds is 5.